The molecule has 3 heteroatoms. The monoisotopic (exact) mass is 235 g/mol. The van der Waals surface area contributed by atoms with Crippen LogP contribution in [0.3, 0.4) is 0 Å². The molecule has 1 saturated carbocycles. The van der Waals surface area contributed by atoms with Crippen molar-refractivity contribution in [3.05, 3.63) is 18.2 Å². The lowest BCUT2D eigenvalue weighted by atomic mass is 9.75. The topological polar surface area (TPSA) is 40.7 Å². The van der Waals surface area contributed by atoms with Crippen molar-refractivity contribution in [3.63, 3.8) is 0 Å². The van der Waals surface area contributed by atoms with Crippen molar-refractivity contribution in [2.24, 2.45) is 5.41 Å². The highest BCUT2D eigenvalue weighted by Crippen LogP contribution is 2.34. The first-order chi connectivity index (χ1) is 8.16. The molecule has 1 aliphatic carbocycles. The van der Waals surface area contributed by atoms with Crippen molar-refractivity contribution in [3.8, 4) is 0 Å². The van der Waals surface area contributed by atoms with Crippen LogP contribution in [0.15, 0.2) is 12.4 Å². The van der Waals surface area contributed by atoms with Crippen LogP contribution in [0.4, 0.5) is 0 Å². The van der Waals surface area contributed by atoms with Gasteiger partial charge in [-0.25, -0.2) is 4.98 Å². The predicted molar refractivity (Wildman–Crippen MR) is 70.9 cm³/mol. The van der Waals surface area contributed by atoms with E-state index in [0.29, 0.717) is 5.41 Å². The number of aryl methyl sites for hydroxylation is 1. The first kappa shape index (κ1) is 12.6. The number of imidazole rings is 1. The molecule has 3 nitrogen and oxygen atoms in total. The maximum absolute atomic E-state index is 4.24. The Kier molecular flexibility index (Phi) is 4.21. The van der Waals surface area contributed by atoms with Crippen LogP contribution in [0.2, 0.25) is 0 Å². The smallest absolute Gasteiger partial charge is 0.106 e. The molecule has 0 saturated heterocycles. The summed E-state index contributed by atoms with van der Waals surface area (Å²) < 4.78 is 0. The second kappa shape index (κ2) is 5.67. The largest absolute Gasteiger partial charge is 0.349 e. The molecule has 0 aliphatic heterocycles. The Bertz CT molecular complexity index is 306. The van der Waals surface area contributed by atoms with E-state index in [9.17, 15) is 0 Å². The van der Waals surface area contributed by atoms with Gasteiger partial charge in [-0.15, -0.1) is 0 Å². The highest BCUT2D eigenvalue weighted by atomic mass is 14.9. The van der Waals surface area contributed by atoms with E-state index in [2.05, 4.69) is 29.1 Å². The van der Waals surface area contributed by atoms with Gasteiger partial charge in [0.2, 0.25) is 0 Å². The van der Waals surface area contributed by atoms with Crippen molar-refractivity contribution in [2.75, 3.05) is 6.54 Å². The molecule has 0 unspecified atom stereocenters. The van der Waals surface area contributed by atoms with Gasteiger partial charge in [-0.3, -0.25) is 0 Å². The van der Waals surface area contributed by atoms with Gasteiger partial charge in [-0.2, -0.15) is 0 Å². The molecule has 2 rings (SSSR count). The number of aromatic nitrogens is 2. The fourth-order valence-electron chi connectivity index (χ4n) is 2.60. The molecular weight excluding hydrogens is 210 g/mol. The number of rotatable bonds is 5. The zero-order chi connectivity index (χ0) is 12.1. The van der Waals surface area contributed by atoms with Crippen LogP contribution in [0.5, 0.6) is 0 Å². The Morgan fingerprint density at radius 2 is 2.18 bits per heavy atom. The van der Waals surface area contributed by atoms with Crippen LogP contribution in [-0.4, -0.2) is 22.6 Å². The quantitative estimate of drug-likeness (QED) is 0.770. The number of nitrogens with zero attached hydrogens (tertiary/aromatic N) is 1. The average Bonchev–Trinajstić information content (AvgIpc) is 2.79. The van der Waals surface area contributed by atoms with Crippen molar-refractivity contribution in [1.82, 2.24) is 15.3 Å². The van der Waals surface area contributed by atoms with Gasteiger partial charge < -0.3 is 10.3 Å². The Morgan fingerprint density at radius 3 is 2.82 bits per heavy atom. The summed E-state index contributed by atoms with van der Waals surface area (Å²) >= 11 is 0. The summed E-state index contributed by atoms with van der Waals surface area (Å²) in [5.41, 5.74) is 0.576. The molecule has 0 radical (unpaired) electrons. The van der Waals surface area contributed by atoms with Gasteiger partial charge >= 0.3 is 0 Å². The number of aromatic amines is 1. The van der Waals surface area contributed by atoms with E-state index in [1.165, 1.54) is 32.1 Å². The van der Waals surface area contributed by atoms with Gasteiger partial charge in [0.05, 0.1) is 0 Å². The number of H-pyrrole nitrogens is 1. The number of hydrogen-bond donors (Lipinski definition) is 2. The maximum atomic E-state index is 4.24. The summed E-state index contributed by atoms with van der Waals surface area (Å²) in [6.07, 6.45) is 11.4. The van der Waals surface area contributed by atoms with E-state index in [1.54, 1.807) is 0 Å². The third-order valence-corrected chi connectivity index (χ3v) is 3.92. The van der Waals surface area contributed by atoms with Crippen molar-refractivity contribution < 1.29 is 0 Å². The van der Waals surface area contributed by atoms with Gasteiger partial charge in [0.15, 0.2) is 0 Å². The summed E-state index contributed by atoms with van der Waals surface area (Å²) in [5, 5.41) is 3.68. The lowest BCUT2D eigenvalue weighted by molar-refractivity contribution is 0.206. The molecule has 0 amide bonds. The lowest BCUT2D eigenvalue weighted by Crippen LogP contribution is -2.36. The Labute approximate surface area is 104 Å². The van der Waals surface area contributed by atoms with E-state index in [1.807, 2.05) is 12.4 Å². The van der Waals surface area contributed by atoms with Gasteiger partial charge in [0, 0.05) is 24.9 Å². The average molecular weight is 235 g/mol. The molecule has 0 bridgehead atoms. The molecule has 17 heavy (non-hydrogen) atoms. The van der Waals surface area contributed by atoms with Crippen molar-refractivity contribution in [1.29, 1.82) is 0 Å². The highest BCUT2D eigenvalue weighted by Gasteiger charge is 2.26. The predicted octanol–water partition coefficient (Wildman–Crippen LogP) is 2.90. The van der Waals surface area contributed by atoms with E-state index >= 15 is 0 Å². The Morgan fingerprint density at radius 1 is 1.41 bits per heavy atom. The molecule has 1 aromatic heterocycles. The molecule has 0 spiro atoms. The highest BCUT2D eigenvalue weighted by molar-refractivity contribution is 4.87. The van der Waals surface area contributed by atoms with Gasteiger partial charge in [-0.1, -0.05) is 13.8 Å². The molecule has 96 valence electrons. The van der Waals surface area contributed by atoms with E-state index < -0.39 is 0 Å². The molecule has 1 heterocycles. The van der Waals surface area contributed by atoms with E-state index in [4.69, 9.17) is 0 Å². The number of hydrogen-bond acceptors (Lipinski definition) is 2. The van der Waals surface area contributed by atoms with Crippen molar-refractivity contribution in [2.45, 2.75) is 58.4 Å². The summed E-state index contributed by atoms with van der Waals surface area (Å²) in [6.45, 7) is 5.89. The van der Waals surface area contributed by atoms with Crippen LogP contribution < -0.4 is 5.32 Å². The summed E-state index contributed by atoms with van der Waals surface area (Å²) in [4.78, 5) is 7.38. The first-order valence-corrected chi connectivity index (χ1v) is 6.87. The number of nitrogens with one attached hydrogen (secondary N) is 2. The van der Waals surface area contributed by atoms with Crippen LogP contribution in [0, 0.1) is 5.41 Å². The molecule has 0 aromatic carbocycles. The zero-order valence-corrected chi connectivity index (χ0v) is 11.1. The molecule has 1 fully saturated rings. The van der Waals surface area contributed by atoms with Gasteiger partial charge in [0.25, 0.3) is 0 Å². The second-order valence-corrected chi connectivity index (χ2v) is 6.03. The van der Waals surface area contributed by atoms with Gasteiger partial charge in [-0.05, 0) is 44.1 Å². The summed E-state index contributed by atoms with van der Waals surface area (Å²) in [5.74, 6) is 1.11. The SMILES string of the molecule is CC1(C)CCC(NCCCc2ncc[nH]2)CC1. The van der Waals surface area contributed by atoms with Crippen LogP contribution in [-0.2, 0) is 6.42 Å². The minimum absolute atomic E-state index is 0.576. The fraction of sp³-hybridized carbons (Fsp3) is 0.786. The Hall–Kier alpha value is -0.830. The van der Waals surface area contributed by atoms with Crippen LogP contribution in [0.1, 0.15) is 51.8 Å². The molecule has 1 aliphatic rings. The van der Waals surface area contributed by atoms with Gasteiger partial charge in [0.1, 0.15) is 5.82 Å². The fourth-order valence-corrected chi connectivity index (χ4v) is 2.60. The normalized spacial score (nSPS) is 20.6. The maximum Gasteiger partial charge on any atom is 0.106 e. The minimum Gasteiger partial charge on any atom is -0.349 e. The standard InChI is InChI=1S/C14H25N3/c1-14(2)7-5-12(6-8-14)15-9-3-4-13-16-10-11-17-13/h10-12,15H,3-9H2,1-2H3,(H,16,17). The zero-order valence-electron chi connectivity index (χ0n) is 11.1. The third kappa shape index (κ3) is 4.15. The molecule has 2 N–H and O–H groups in total. The lowest BCUT2D eigenvalue weighted by Gasteiger charge is -2.34. The minimum atomic E-state index is 0.576. The Balaban J connectivity index is 1.57. The molecule has 0 atom stereocenters. The van der Waals surface area contributed by atoms with Crippen LogP contribution >= 0.6 is 0 Å². The molecular formula is C14H25N3. The third-order valence-electron chi connectivity index (χ3n) is 3.92. The van der Waals surface area contributed by atoms with Crippen molar-refractivity contribution >= 4 is 0 Å². The summed E-state index contributed by atoms with van der Waals surface area (Å²) in [6, 6.07) is 0.750. The molecule has 1 aromatic rings. The second-order valence-electron chi connectivity index (χ2n) is 6.03. The van der Waals surface area contributed by atoms with E-state index in [0.717, 1.165) is 24.8 Å². The summed E-state index contributed by atoms with van der Waals surface area (Å²) in [7, 11) is 0. The first-order valence-electron chi connectivity index (χ1n) is 6.87. The van der Waals surface area contributed by atoms with E-state index in [-0.39, 0.29) is 0 Å². The van der Waals surface area contributed by atoms with Crippen LogP contribution in [0.25, 0.3) is 0 Å².